The van der Waals surface area contributed by atoms with Gasteiger partial charge < -0.3 is 9.88 Å². The molecule has 5 heteroatoms. The Balaban J connectivity index is 1.80. The van der Waals surface area contributed by atoms with Gasteiger partial charge in [0.25, 0.3) is 5.69 Å². The van der Waals surface area contributed by atoms with Crippen molar-refractivity contribution in [2.45, 2.75) is 13.0 Å². The first-order chi connectivity index (χ1) is 11.2. The third-order valence-corrected chi connectivity index (χ3v) is 4.45. The first-order valence-electron chi connectivity index (χ1n) is 7.80. The molecule has 3 aromatic rings. The Kier molecular flexibility index (Phi) is 3.35. The molecule has 0 amide bonds. The molecule has 1 aliphatic rings. The van der Waals surface area contributed by atoms with Gasteiger partial charge in [-0.1, -0.05) is 18.2 Å². The monoisotopic (exact) mass is 307 g/mol. The first-order valence-corrected chi connectivity index (χ1v) is 7.80. The highest BCUT2D eigenvalue weighted by atomic mass is 16.6. The van der Waals surface area contributed by atoms with E-state index in [1.54, 1.807) is 12.1 Å². The van der Waals surface area contributed by atoms with Gasteiger partial charge in [0.15, 0.2) is 0 Å². The van der Waals surface area contributed by atoms with E-state index in [0.717, 1.165) is 37.2 Å². The Labute approximate surface area is 133 Å². The molecule has 1 aliphatic heterocycles. The molecule has 5 nitrogen and oxygen atoms in total. The second-order valence-corrected chi connectivity index (χ2v) is 5.87. The van der Waals surface area contributed by atoms with Crippen LogP contribution in [0.15, 0.2) is 48.5 Å². The van der Waals surface area contributed by atoms with E-state index in [2.05, 4.69) is 28.1 Å². The van der Waals surface area contributed by atoms with Gasteiger partial charge in [-0.15, -0.1) is 0 Å². The van der Waals surface area contributed by atoms with Gasteiger partial charge in [-0.25, -0.2) is 0 Å². The van der Waals surface area contributed by atoms with E-state index in [9.17, 15) is 10.1 Å². The van der Waals surface area contributed by atoms with Crippen LogP contribution in [-0.4, -0.2) is 22.6 Å². The maximum atomic E-state index is 11.0. The molecule has 0 aliphatic carbocycles. The summed E-state index contributed by atoms with van der Waals surface area (Å²) in [6.45, 7) is 2.98. The van der Waals surface area contributed by atoms with Gasteiger partial charge in [0, 0.05) is 54.8 Å². The van der Waals surface area contributed by atoms with Crippen molar-refractivity contribution < 1.29 is 4.92 Å². The number of nitro benzene ring substituents is 1. The molecule has 116 valence electrons. The zero-order chi connectivity index (χ0) is 15.8. The average Bonchev–Trinajstić information content (AvgIpc) is 2.75. The highest BCUT2D eigenvalue weighted by Gasteiger charge is 2.13. The van der Waals surface area contributed by atoms with Gasteiger partial charge in [0.2, 0.25) is 0 Å². The number of non-ortho nitro benzene ring substituents is 1. The van der Waals surface area contributed by atoms with E-state index in [-0.39, 0.29) is 10.6 Å². The summed E-state index contributed by atoms with van der Waals surface area (Å²) in [7, 11) is 0. The lowest BCUT2D eigenvalue weighted by molar-refractivity contribution is -0.384. The molecular formula is C18H17N3O2. The van der Waals surface area contributed by atoms with Crippen LogP contribution in [0.4, 0.5) is 5.69 Å². The summed E-state index contributed by atoms with van der Waals surface area (Å²) in [5, 5.41) is 15.6. The number of rotatable bonds is 2. The second kappa shape index (κ2) is 5.52. The molecule has 0 unspecified atom stereocenters. The van der Waals surface area contributed by atoms with Crippen molar-refractivity contribution in [3.63, 3.8) is 0 Å². The van der Waals surface area contributed by atoms with Gasteiger partial charge in [0.1, 0.15) is 0 Å². The number of hydrogen-bond donors (Lipinski definition) is 1. The molecule has 4 rings (SSSR count). The molecule has 0 atom stereocenters. The summed E-state index contributed by atoms with van der Waals surface area (Å²) >= 11 is 0. The lowest BCUT2D eigenvalue weighted by Crippen LogP contribution is -2.17. The third-order valence-electron chi connectivity index (χ3n) is 4.45. The van der Waals surface area contributed by atoms with Crippen molar-refractivity contribution in [3.8, 4) is 11.1 Å². The molecule has 2 aromatic carbocycles. The normalized spacial score (nSPS) is 14.4. The van der Waals surface area contributed by atoms with E-state index >= 15 is 0 Å². The molecule has 0 fully saturated rings. The molecular weight excluding hydrogens is 290 g/mol. The number of nitrogens with one attached hydrogen (secondary N) is 1. The summed E-state index contributed by atoms with van der Waals surface area (Å²) in [5.74, 6) is 0. The number of nitrogens with zero attached hydrogens (tertiary/aromatic N) is 2. The fourth-order valence-corrected chi connectivity index (χ4v) is 3.31. The quantitative estimate of drug-likeness (QED) is 0.583. The van der Waals surface area contributed by atoms with Gasteiger partial charge >= 0.3 is 0 Å². The molecule has 23 heavy (non-hydrogen) atoms. The largest absolute Gasteiger partial charge is 0.343 e. The van der Waals surface area contributed by atoms with E-state index in [0.29, 0.717) is 0 Å². The fourth-order valence-electron chi connectivity index (χ4n) is 3.31. The molecule has 0 radical (unpaired) electrons. The SMILES string of the molecule is O=[N+]([O-])c1cccc(-c2ccc3c(c2)cc2n3CCNCC2)c1. The van der Waals surface area contributed by atoms with Crippen LogP contribution in [0.5, 0.6) is 0 Å². The van der Waals surface area contributed by atoms with Crippen molar-refractivity contribution in [2.75, 3.05) is 13.1 Å². The van der Waals surface area contributed by atoms with Gasteiger partial charge in [-0.05, 0) is 29.3 Å². The summed E-state index contributed by atoms with van der Waals surface area (Å²) in [5.41, 5.74) is 4.60. The standard InChI is InChI=1S/C18H17N3O2/c22-21(23)17-3-1-2-13(11-17)14-4-5-18-15(10-14)12-16-6-7-19-8-9-20(16)18/h1-5,10-12,19H,6-9H2. The number of hydrogen-bond acceptors (Lipinski definition) is 3. The lowest BCUT2D eigenvalue weighted by Gasteiger charge is -2.07. The van der Waals surface area contributed by atoms with Crippen LogP contribution in [0.2, 0.25) is 0 Å². The Morgan fingerprint density at radius 3 is 2.78 bits per heavy atom. The summed E-state index contributed by atoms with van der Waals surface area (Å²) in [6.07, 6.45) is 1.03. The number of benzene rings is 2. The molecule has 0 bridgehead atoms. The van der Waals surface area contributed by atoms with Crippen LogP contribution in [-0.2, 0) is 13.0 Å². The lowest BCUT2D eigenvalue weighted by atomic mass is 10.0. The first kappa shape index (κ1) is 14.0. The average molecular weight is 307 g/mol. The van der Waals surface area contributed by atoms with Crippen LogP contribution in [0.1, 0.15) is 5.69 Å². The van der Waals surface area contributed by atoms with E-state index in [4.69, 9.17) is 0 Å². The van der Waals surface area contributed by atoms with Gasteiger partial charge in [0.05, 0.1) is 4.92 Å². The summed E-state index contributed by atoms with van der Waals surface area (Å²) < 4.78 is 2.37. The van der Waals surface area contributed by atoms with Crippen molar-refractivity contribution >= 4 is 16.6 Å². The van der Waals surface area contributed by atoms with Crippen LogP contribution < -0.4 is 5.32 Å². The zero-order valence-electron chi connectivity index (χ0n) is 12.7. The summed E-state index contributed by atoms with van der Waals surface area (Å²) in [6, 6.07) is 15.3. The maximum absolute atomic E-state index is 11.0. The van der Waals surface area contributed by atoms with Crippen LogP contribution in [0.25, 0.3) is 22.0 Å². The van der Waals surface area contributed by atoms with Crippen molar-refractivity contribution in [1.29, 1.82) is 0 Å². The third kappa shape index (κ3) is 2.49. The van der Waals surface area contributed by atoms with Gasteiger partial charge in [-0.2, -0.15) is 0 Å². The van der Waals surface area contributed by atoms with Crippen molar-refractivity contribution in [1.82, 2.24) is 9.88 Å². The van der Waals surface area contributed by atoms with Crippen LogP contribution >= 0.6 is 0 Å². The minimum Gasteiger partial charge on any atom is -0.343 e. The van der Waals surface area contributed by atoms with E-state index < -0.39 is 0 Å². The van der Waals surface area contributed by atoms with Gasteiger partial charge in [-0.3, -0.25) is 10.1 Å². The second-order valence-electron chi connectivity index (χ2n) is 5.87. The maximum Gasteiger partial charge on any atom is 0.270 e. The Morgan fingerprint density at radius 2 is 1.91 bits per heavy atom. The molecule has 0 saturated carbocycles. The van der Waals surface area contributed by atoms with Crippen molar-refractivity contribution in [3.05, 3.63) is 64.3 Å². The zero-order valence-corrected chi connectivity index (χ0v) is 12.7. The Hall–Kier alpha value is -2.66. The minimum atomic E-state index is -0.352. The predicted octanol–water partition coefficient (Wildman–Crippen LogP) is 3.36. The van der Waals surface area contributed by atoms with Crippen LogP contribution in [0.3, 0.4) is 0 Å². The molecule has 1 N–H and O–H groups in total. The van der Waals surface area contributed by atoms with Crippen molar-refractivity contribution in [2.24, 2.45) is 0 Å². The molecule has 0 spiro atoms. The highest BCUT2D eigenvalue weighted by molar-refractivity contribution is 5.87. The molecule has 2 heterocycles. The highest BCUT2D eigenvalue weighted by Crippen LogP contribution is 2.29. The number of nitro groups is 1. The number of aromatic nitrogens is 1. The number of fused-ring (bicyclic) bond motifs is 3. The van der Waals surface area contributed by atoms with Crippen LogP contribution in [0, 0.1) is 10.1 Å². The minimum absolute atomic E-state index is 0.126. The Bertz CT molecular complexity index is 898. The predicted molar refractivity (Wildman–Crippen MR) is 90.6 cm³/mol. The fraction of sp³-hybridized carbons (Fsp3) is 0.222. The molecule has 0 saturated heterocycles. The van der Waals surface area contributed by atoms with E-state index in [1.165, 1.54) is 22.7 Å². The molecule has 1 aromatic heterocycles. The summed E-state index contributed by atoms with van der Waals surface area (Å²) in [4.78, 5) is 10.6. The Morgan fingerprint density at radius 1 is 1.04 bits per heavy atom. The van der Waals surface area contributed by atoms with E-state index in [1.807, 2.05) is 12.1 Å². The smallest absolute Gasteiger partial charge is 0.270 e. The topological polar surface area (TPSA) is 60.1 Å².